The van der Waals surface area contributed by atoms with Gasteiger partial charge in [-0.15, -0.1) is 10.2 Å². The Morgan fingerprint density at radius 2 is 1.97 bits per heavy atom. The van der Waals surface area contributed by atoms with E-state index in [0.717, 1.165) is 33.9 Å². The second kappa shape index (κ2) is 11.1. The average Bonchev–Trinajstić information content (AvgIpc) is 3.25. The number of carbonyl (C=O) groups excluding carboxylic acids is 1. The minimum atomic E-state index is -0.408. The molecule has 1 fully saturated rings. The van der Waals surface area contributed by atoms with Crippen molar-refractivity contribution in [2.24, 2.45) is 5.10 Å². The summed E-state index contributed by atoms with van der Waals surface area (Å²) in [6.07, 6.45) is 7.07. The number of rotatable bonds is 7. The van der Waals surface area contributed by atoms with Crippen molar-refractivity contribution in [3.8, 4) is 11.4 Å². The second-order valence-electron chi connectivity index (χ2n) is 8.08. The quantitative estimate of drug-likeness (QED) is 0.235. The minimum Gasteiger partial charge on any atom is -0.299 e. The van der Waals surface area contributed by atoms with Crippen molar-refractivity contribution in [3.63, 3.8) is 0 Å². The highest BCUT2D eigenvalue weighted by molar-refractivity contribution is 9.10. The van der Waals surface area contributed by atoms with E-state index in [1.165, 1.54) is 48.9 Å². The number of carbonyl (C=O) groups is 1. The summed E-state index contributed by atoms with van der Waals surface area (Å²) < 4.78 is 16.7. The van der Waals surface area contributed by atoms with Gasteiger partial charge < -0.3 is 0 Å². The van der Waals surface area contributed by atoms with Gasteiger partial charge in [0.05, 0.1) is 12.0 Å². The molecular formula is C24H25BrFN5OS. The van der Waals surface area contributed by atoms with Gasteiger partial charge in [0.25, 0.3) is 5.91 Å². The molecule has 9 heteroatoms. The van der Waals surface area contributed by atoms with E-state index in [9.17, 15) is 9.18 Å². The first-order valence-electron chi connectivity index (χ1n) is 10.9. The monoisotopic (exact) mass is 529 g/mol. The lowest BCUT2D eigenvalue weighted by molar-refractivity contribution is -0.118. The number of nitrogens with zero attached hydrogens (tertiary/aromatic N) is 4. The van der Waals surface area contributed by atoms with E-state index in [1.54, 1.807) is 12.1 Å². The van der Waals surface area contributed by atoms with Crippen LogP contribution in [0.2, 0.25) is 0 Å². The summed E-state index contributed by atoms with van der Waals surface area (Å²) in [6, 6.07) is 13.1. The summed E-state index contributed by atoms with van der Waals surface area (Å²) in [5, 5.41) is 13.5. The molecule has 1 aromatic heterocycles. The standard InChI is InChI=1S/C24H25BrFN5OS/c1-16-7-9-17(10-8-16)23-29-30-24(31(23)20-5-3-2-4-6-20)33-15-22(32)28-27-14-18-13-19(25)11-12-21(18)26/h7-14,20H,2-6,15H2,1H3,(H,28,32)/b27-14+. The topological polar surface area (TPSA) is 72.2 Å². The van der Waals surface area contributed by atoms with Gasteiger partial charge in [-0.25, -0.2) is 9.82 Å². The molecule has 3 aromatic rings. The summed E-state index contributed by atoms with van der Waals surface area (Å²) in [5.41, 5.74) is 4.97. The van der Waals surface area contributed by atoms with E-state index < -0.39 is 5.82 Å². The Kier molecular flexibility index (Phi) is 7.93. The number of amides is 1. The fraction of sp³-hybridized carbons (Fsp3) is 0.333. The van der Waals surface area contributed by atoms with Crippen LogP contribution in [0.15, 0.2) is 57.2 Å². The third kappa shape index (κ3) is 6.09. The smallest absolute Gasteiger partial charge is 0.250 e. The number of hydrazone groups is 1. The molecule has 0 spiro atoms. The molecule has 0 unspecified atom stereocenters. The van der Waals surface area contributed by atoms with Crippen molar-refractivity contribution in [1.29, 1.82) is 0 Å². The van der Waals surface area contributed by atoms with E-state index in [4.69, 9.17) is 0 Å². The molecule has 1 amide bonds. The van der Waals surface area contributed by atoms with Crippen LogP contribution in [0.25, 0.3) is 11.4 Å². The first-order chi connectivity index (χ1) is 16.0. The lowest BCUT2D eigenvalue weighted by atomic mass is 9.95. The molecule has 4 rings (SSSR count). The van der Waals surface area contributed by atoms with Gasteiger partial charge in [0, 0.05) is 21.6 Å². The Labute approximate surface area is 205 Å². The number of nitrogens with one attached hydrogen (secondary N) is 1. The van der Waals surface area contributed by atoms with Gasteiger partial charge in [-0.05, 0) is 38.0 Å². The maximum Gasteiger partial charge on any atom is 0.250 e. The molecule has 6 nitrogen and oxygen atoms in total. The molecule has 1 N–H and O–H groups in total. The van der Waals surface area contributed by atoms with Gasteiger partial charge in [-0.2, -0.15) is 5.10 Å². The highest BCUT2D eigenvalue weighted by atomic mass is 79.9. The molecule has 2 aromatic carbocycles. The van der Waals surface area contributed by atoms with E-state index >= 15 is 0 Å². The molecule has 0 saturated heterocycles. The van der Waals surface area contributed by atoms with Gasteiger partial charge in [0.15, 0.2) is 11.0 Å². The maximum atomic E-state index is 13.8. The normalized spacial score (nSPS) is 14.6. The lowest BCUT2D eigenvalue weighted by Crippen LogP contribution is -2.21. The lowest BCUT2D eigenvalue weighted by Gasteiger charge is -2.25. The first-order valence-corrected chi connectivity index (χ1v) is 12.7. The van der Waals surface area contributed by atoms with Crippen LogP contribution in [-0.4, -0.2) is 32.6 Å². The Morgan fingerprint density at radius 3 is 2.73 bits per heavy atom. The van der Waals surface area contributed by atoms with E-state index in [1.807, 2.05) is 0 Å². The molecule has 0 atom stereocenters. The Morgan fingerprint density at radius 1 is 1.21 bits per heavy atom. The fourth-order valence-electron chi connectivity index (χ4n) is 3.89. The van der Waals surface area contributed by atoms with Crippen molar-refractivity contribution in [1.82, 2.24) is 20.2 Å². The predicted molar refractivity (Wildman–Crippen MR) is 133 cm³/mol. The summed E-state index contributed by atoms with van der Waals surface area (Å²) in [7, 11) is 0. The maximum absolute atomic E-state index is 13.8. The van der Waals surface area contributed by atoms with E-state index in [-0.39, 0.29) is 17.2 Å². The molecule has 0 radical (unpaired) electrons. The third-order valence-electron chi connectivity index (χ3n) is 5.60. The average molecular weight is 530 g/mol. The summed E-state index contributed by atoms with van der Waals surface area (Å²) >= 11 is 4.64. The zero-order chi connectivity index (χ0) is 23.2. The van der Waals surface area contributed by atoms with Crippen LogP contribution < -0.4 is 5.43 Å². The van der Waals surface area contributed by atoms with Crippen molar-refractivity contribution >= 4 is 39.8 Å². The largest absolute Gasteiger partial charge is 0.299 e. The molecular weight excluding hydrogens is 505 g/mol. The summed E-state index contributed by atoms with van der Waals surface area (Å²) in [5.74, 6) is 0.279. The van der Waals surface area contributed by atoms with Gasteiger partial charge in [0.2, 0.25) is 0 Å². The number of thioether (sulfide) groups is 1. The molecule has 1 aliphatic rings. The second-order valence-corrected chi connectivity index (χ2v) is 9.94. The SMILES string of the molecule is Cc1ccc(-c2nnc(SCC(=O)N/N=C/c3cc(Br)ccc3F)n2C2CCCCC2)cc1. The minimum absolute atomic E-state index is 0.136. The van der Waals surface area contributed by atoms with Crippen molar-refractivity contribution in [2.75, 3.05) is 5.75 Å². The number of benzene rings is 2. The Balaban J connectivity index is 1.46. The fourth-order valence-corrected chi connectivity index (χ4v) is 5.07. The van der Waals surface area contributed by atoms with E-state index in [0.29, 0.717) is 6.04 Å². The number of hydrogen-bond acceptors (Lipinski definition) is 5. The molecule has 1 aliphatic carbocycles. The van der Waals surface area contributed by atoms with Gasteiger partial charge >= 0.3 is 0 Å². The van der Waals surface area contributed by atoms with Gasteiger partial charge in [0.1, 0.15) is 5.82 Å². The van der Waals surface area contributed by atoms with Crippen LogP contribution in [0.5, 0.6) is 0 Å². The van der Waals surface area contributed by atoms with Crippen LogP contribution in [0, 0.1) is 12.7 Å². The number of aryl methyl sites for hydroxylation is 1. The molecule has 0 bridgehead atoms. The Hall–Kier alpha value is -2.52. The molecule has 0 aliphatic heterocycles. The van der Waals surface area contributed by atoms with Crippen molar-refractivity contribution in [2.45, 2.75) is 50.2 Å². The number of hydrogen-bond donors (Lipinski definition) is 1. The van der Waals surface area contributed by atoms with Gasteiger partial charge in [-0.3, -0.25) is 9.36 Å². The molecule has 33 heavy (non-hydrogen) atoms. The highest BCUT2D eigenvalue weighted by Crippen LogP contribution is 2.35. The Bertz CT molecular complexity index is 1140. The zero-order valence-corrected chi connectivity index (χ0v) is 20.7. The van der Waals surface area contributed by atoms with Crippen LogP contribution in [0.3, 0.4) is 0 Å². The highest BCUT2D eigenvalue weighted by Gasteiger charge is 2.24. The van der Waals surface area contributed by atoms with Crippen LogP contribution in [0.4, 0.5) is 4.39 Å². The first kappa shape index (κ1) is 23.6. The van der Waals surface area contributed by atoms with Gasteiger partial charge in [-0.1, -0.05) is 76.8 Å². The number of halogens is 2. The molecule has 1 heterocycles. The summed E-state index contributed by atoms with van der Waals surface area (Å²) in [6.45, 7) is 2.06. The number of aromatic nitrogens is 3. The molecule has 1 saturated carbocycles. The predicted octanol–water partition coefficient (Wildman–Crippen LogP) is 5.90. The van der Waals surface area contributed by atoms with Crippen molar-refractivity contribution < 1.29 is 9.18 Å². The van der Waals surface area contributed by atoms with E-state index in [2.05, 4.69) is 72.4 Å². The molecule has 172 valence electrons. The van der Waals surface area contributed by atoms with Crippen molar-refractivity contribution in [3.05, 3.63) is 63.9 Å². The summed E-state index contributed by atoms with van der Waals surface area (Å²) in [4.78, 5) is 12.4. The van der Waals surface area contributed by atoms with Crippen LogP contribution in [-0.2, 0) is 4.79 Å². The third-order valence-corrected chi connectivity index (χ3v) is 7.03. The van der Waals surface area contributed by atoms with Crippen LogP contribution in [0.1, 0.15) is 49.3 Å². The van der Waals surface area contributed by atoms with Crippen LogP contribution >= 0.6 is 27.7 Å². The zero-order valence-electron chi connectivity index (χ0n) is 18.3.